The van der Waals surface area contributed by atoms with Gasteiger partial charge in [0.2, 0.25) is 0 Å². The summed E-state index contributed by atoms with van der Waals surface area (Å²) in [4.78, 5) is 23.4. The van der Waals surface area contributed by atoms with Gasteiger partial charge >= 0.3 is 6.09 Å². The Morgan fingerprint density at radius 1 is 1.40 bits per heavy atom. The maximum absolute atomic E-state index is 12.0. The summed E-state index contributed by atoms with van der Waals surface area (Å²) in [6.45, 7) is 8.09. The predicted octanol–water partition coefficient (Wildman–Crippen LogP) is 3.61. The third kappa shape index (κ3) is 6.73. The molecule has 0 saturated heterocycles. The van der Waals surface area contributed by atoms with Crippen LogP contribution in [0, 0.1) is 5.92 Å². The zero-order valence-electron chi connectivity index (χ0n) is 13.1. The summed E-state index contributed by atoms with van der Waals surface area (Å²) in [6.07, 6.45) is 5.86. The molecule has 0 aliphatic heterocycles. The number of carbonyl (C=O) groups excluding carboxylic acids is 2. The zero-order valence-corrected chi connectivity index (χ0v) is 13.1. The highest BCUT2D eigenvalue weighted by Gasteiger charge is 2.20. The molecule has 0 aromatic carbocycles. The molecular weight excluding hydrogens is 254 g/mol. The quantitative estimate of drug-likeness (QED) is 0.618. The maximum Gasteiger partial charge on any atom is 0.407 e. The number of Topliss-reactive ketones (excluding diaryl/α,β-unsaturated/α-hetero) is 1. The van der Waals surface area contributed by atoms with E-state index in [1.165, 1.54) is 5.57 Å². The van der Waals surface area contributed by atoms with Gasteiger partial charge in [0.05, 0.1) is 0 Å². The Hall–Kier alpha value is -1.32. The van der Waals surface area contributed by atoms with Crippen LogP contribution in [0.15, 0.2) is 11.6 Å². The average Bonchev–Trinajstić information content (AvgIpc) is 2.33. The highest BCUT2D eigenvalue weighted by atomic mass is 16.6. The Kier molecular flexibility index (Phi) is 6.24. The summed E-state index contributed by atoms with van der Waals surface area (Å²) < 4.78 is 5.13. The molecular formula is C16H27NO3. The first kappa shape index (κ1) is 16.7. The third-order valence-corrected chi connectivity index (χ3v) is 3.36. The topological polar surface area (TPSA) is 55.4 Å². The van der Waals surface area contributed by atoms with Gasteiger partial charge in [0.15, 0.2) is 0 Å². The normalized spacial score (nSPS) is 19.2. The molecule has 1 aliphatic rings. The van der Waals surface area contributed by atoms with Crippen LogP contribution in [-0.4, -0.2) is 24.0 Å². The number of alkyl carbamates (subject to hydrolysis) is 1. The minimum Gasteiger partial charge on any atom is -0.444 e. The van der Waals surface area contributed by atoms with Gasteiger partial charge in [-0.25, -0.2) is 4.79 Å². The van der Waals surface area contributed by atoms with Crippen molar-refractivity contribution >= 4 is 11.9 Å². The SMILES string of the molecule is CC1=CC[C@@H](C(=O)CCCNC(=O)OC(C)(C)C)CC1. The molecule has 1 amide bonds. The van der Waals surface area contributed by atoms with E-state index < -0.39 is 11.7 Å². The molecule has 0 spiro atoms. The van der Waals surface area contributed by atoms with Gasteiger partial charge in [0, 0.05) is 18.9 Å². The van der Waals surface area contributed by atoms with Crippen LogP contribution in [0.2, 0.25) is 0 Å². The maximum atomic E-state index is 12.0. The van der Waals surface area contributed by atoms with E-state index in [4.69, 9.17) is 4.74 Å². The van der Waals surface area contributed by atoms with Gasteiger partial charge in [-0.05, 0) is 53.4 Å². The van der Waals surface area contributed by atoms with Crippen molar-refractivity contribution in [1.29, 1.82) is 0 Å². The molecule has 1 aliphatic carbocycles. The van der Waals surface area contributed by atoms with Gasteiger partial charge in [-0.3, -0.25) is 4.79 Å². The second kappa shape index (κ2) is 7.46. The molecule has 1 N–H and O–H groups in total. The summed E-state index contributed by atoms with van der Waals surface area (Å²) in [6, 6.07) is 0. The summed E-state index contributed by atoms with van der Waals surface area (Å²) in [5.41, 5.74) is 0.910. The van der Waals surface area contributed by atoms with Crippen LogP contribution in [-0.2, 0) is 9.53 Å². The van der Waals surface area contributed by atoms with Crippen LogP contribution in [0.5, 0.6) is 0 Å². The van der Waals surface area contributed by atoms with E-state index in [1.54, 1.807) is 0 Å². The molecule has 1 rings (SSSR count). The number of ketones is 1. The molecule has 1 atom stereocenters. The van der Waals surface area contributed by atoms with Crippen molar-refractivity contribution < 1.29 is 14.3 Å². The van der Waals surface area contributed by atoms with Crippen molar-refractivity contribution in [3.05, 3.63) is 11.6 Å². The first-order valence-corrected chi connectivity index (χ1v) is 7.43. The first-order chi connectivity index (χ1) is 9.28. The number of amides is 1. The number of hydrogen-bond acceptors (Lipinski definition) is 3. The lowest BCUT2D eigenvalue weighted by Crippen LogP contribution is -2.33. The Morgan fingerprint density at radius 2 is 2.10 bits per heavy atom. The number of allylic oxidation sites excluding steroid dienone is 2. The van der Waals surface area contributed by atoms with Crippen molar-refractivity contribution in [3.63, 3.8) is 0 Å². The number of ether oxygens (including phenoxy) is 1. The van der Waals surface area contributed by atoms with Crippen molar-refractivity contribution in [2.24, 2.45) is 5.92 Å². The predicted molar refractivity (Wildman–Crippen MR) is 79.6 cm³/mol. The van der Waals surface area contributed by atoms with Crippen molar-refractivity contribution in [2.45, 2.75) is 65.4 Å². The number of hydrogen-bond donors (Lipinski definition) is 1. The molecule has 4 heteroatoms. The molecule has 0 heterocycles. The highest BCUT2D eigenvalue weighted by molar-refractivity contribution is 5.81. The second-order valence-electron chi connectivity index (χ2n) is 6.52. The Labute approximate surface area is 122 Å². The molecule has 0 fully saturated rings. The summed E-state index contributed by atoms with van der Waals surface area (Å²) >= 11 is 0. The van der Waals surface area contributed by atoms with E-state index >= 15 is 0 Å². The van der Waals surface area contributed by atoms with Gasteiger partial charge in [-0.1, -0.05) is 11.6 Å². The van der Waals surface area contributed by atoms with Gasteiger partial charge in [0.25, 0.3) is 0 Å². The molecule has 114 valence electrons. The average molecular weight is 281 g/mol. The van der Waals surface area contributed by atoms with E-state index in [0.717, 1.165) is 19.3 Å². The van der Waals surface area contributed by atoms with E-state index in [1.807, 2.05) is 20.8 Å². The number of carbonyl (C=O) groups is 2. The lowest BCUT2D eigenvalue weighted by atomic mass is 9.86. The largest absolute Gasteiger partial charge is 0.444 e. The summed E-state index contributed by atoms with van der Waals surface area (Å²) in [7, 11) is 0. The molecule has 0 aromatic heterocycles. The lowest BCUT2D eigenvalue weighted by molar-refractivity contribution is -0.123. The van der Waals surface area contributed by atoms with E-state index in [9.17, 15) is 9.59 Å². The Morgan fingerprint density at radius 3 is 2.65 bits per heavy atom. The molecule has 0 bridgehead atoms. The molecule has 0 saturated carbocycles. The summed E-state index contributed by atoms with van der Waals surface area (Å²) in [5, 5.41) is 2.68. The summed E-state index contributed by atoms with van der Waals surface area (Å²) in [5.74, 6) is 0.500. The molecule has 4 nitrogen and oxygen atoms in total. The van der Waals surface area contributed by atoms with Crippen LogP contribution in [0.25, 0.3) is 0 Å². The Balaban J connectivity index is 2.15. The lowest BCUT2D eigenvalue weighted by Gasteiger charge is -2.20. The monoisotopic (exact) mass is 281 g/mol. The first-order valence-electron chi connectivity index (χ1n) is 7.43. The van der Waals surface area contributed by atoms with E-state index in [2.05, 4.69) is 18.3 Å². The minimum atomic E-state index is -0.480. The third-order valence-electron chi connectivity index (χ3n) is 3.36. The van der Waals surface area contributed by atoms with Gasteiger partial charge in [0.1, 0.15) is 11.4 Å². The van der Waals surface area contributed by atoms with Crippen LogP contribution < -0.4 is 5.32 Å². The number of nitrogens with one attached hydrogen (secondary N) is 1. The zero-order chi connectivity index (χ0) is 15.2. The minimum absolute atomic E-state index is 0.181. The fourth-order valence-electron chi connectivity index (χ4n) is 2.23. The van der Waals surface area contributed by atoms with Gasteiger partial charge in [-0.2, -0.15) is 0 Å². The molecule has 0 unspecified atom stereocenters. The second-order valence-corrected chi connectivity index (χ2v) is 6.52. The fourth-order valence-corrected chi connectivity index (χ4v) is 2.23. The highest BCUT2D eigenvalue weighted by Crippen LogP contribution is 2.24. The molecule has 0 radical (unpaired) electrons. The van der Waals surface area contributed by atoms with Crippen LogP contribution in [0.3, 0.4) is 0 Å². The van der Waals surface area contributed by atoms with Gasteiger partial charge < -0.3 is 10.1 Å². The van der Waals surface area contributed by atoms with Crippen molar-refractivity contribution in [1.82, 2.24) is 5.32 Å². The number of rotatable bonds is 5. The van der Waals surface area contributed by atoms with Gasteiger partial charge in [-0.15, -0.1) is 0 Å². The molecule has 20 heavy (non-hydrogen) atoms. The molecule has 0 aromatic rings. The smallest absolute Gasteiger partial charge is 0.407 e. The van der Waals surface area contributed by atoms with Crippen LogP contribution in [0.1, 0.15) is 59.8 Å². The van der Waals surface area contributed by atoms with Crippen molar-refractivity contribution in [2.75, 3.05) is 6.54 Å². The van der Waals surface area contributed by atoms with E-state index in [0.29, 0.717) is 25.2 Å². The van der Waals surface area contributed by atoms with Crippen LogP contribution >= 0.6 is 0 Å². The van der Waals surface area contributed by atoms with Crippen molar-refractivity contribution in [3.8, 4) is 0 Å². The fraction of sp³-hybridized carbons (Fsp3) is 0.750. The van der Waals surface area contributed by atoms with E-state index in [-0.39, 0.29) is 5.92 Å². The van der Waals surface area contributed by atoms with Crippen LogP contribution in [0.4, 0.5) is 4.79 Å². The Bertz CT molecular complexity index is 380. The standard InChI is InChI=1S/C16H27NO3/c1-12-7-9-13(10-8-12)14(18)6-5-11-17-15(19)20-16(2,3)4/h7,13H,5-6,8-11H2,1-4H3,(H,17,19)/t13-/m1/s1.